The number of rotatable bonds is 10. The van der Waals surface area contributed by atoms with Gasteiger partial charge in [0.2, 0.25) is 0 Å². The molecule has 0 fully saturated rings. The summed E-state index contributed by atoms with van der Waals surface area (Å²) in [5, 5.41) is 30.8. The first kappa shape index (κ1) is 31.7. The number of hydrogen-bond acceptors (Lipinski definition) is 14. The summed E-state index contributed by atoms with van der Waals surface area (Å²) >= 11 is 6.36. The molecule has 0 saturated heterocycles. The summed E-state index contributed by atoms with van der Waals surface area (Å²) in [7, 11) is 3.92. The molecule has 0 aliphatic heterocycles. The maximum Gasteiger partial charge on any atom is 0.257 e. The predicted octanol–water partition coefficient (Wildman–Crippen LogP) is 7.77. The second-order valence-corrected chi connectivity index (χ2v) is 13.8. The molecule has 0 saturated carbocycles. The van der Waals surface area contributed by atoms with Crippen molar-refractivity contribution in [1.82, 2.24) is 49.8 Å². The highest BCUT2D eigenvalue weighted by atomic mass is 32.2. The first-order valence-electron chi connectivity index (χ1n) is 14.5. The van der Waals surface area contributed by atoms with Crippen molar-refractivity contribution >= 4 is 46.2 Å². The SMILES string of the molecule is Cn1c(SCc2noc(-c3ccccc3)n2)nnc1-c1cccs1.Cn1c(SCc2noc(-c3ccccc3)n2)nnc1-c1cccs1. The van der Waals surface area contributed by atoms with Crippen LogP contribution in [0, 0.1) is 0 Å². The minimum Gasteiger partial charge on any atom is -0.334 e. The van der Waals surface area contributed by atoms with Gasteiger partial charge in [-0.1, -0.05) is 82.4 Å². The van der Waals surface area contributed by atoms with Gasteiger partial charge in [-0.2, -0.15) is 9.97 Å². The Labute approximate surface area is 291 Å². The Kier molecular flexibility index (Phi) is 9.83. The fourth-order valence-electron chi connectivity index (χ4n) is 4.40. The molecule has 0 spiro atoms. The molecular weight excluding hydrogens is 685 g/mol. The Morgan fingerprint density at radius 2 is 1.00 bits per heavy atom. The van der Waals surface area contributed by atoms with Crippen LogP contribution < -0.4 is 0 Å². The van der Waals surface area contributed by atoms with E-state index < -0.39 is 0 Å². The second kappa shape index (κ2) is 14.9. The molecule has 12 nitrogen and oxygen atoms in total. The molecule has 6 heterocycles. The number of nitrogens with zero attached hydrogens (tertiary/aromatic N) is 10. The number of benzene rings is 2. The number of thiophene rings is 2. The van der Waals surface area contributed by atoms with Crippen molar-refractivity contribution in [1.29, 1.82) is 0 Å². The summed E-state index contributed by atoms with van der Waals surface area (Å²) in [5.41, 5.74) is 1.83. The van der Waals surface area contributed by atoms with Gasteiger partial charge in [-0.05, 0) is 47.2 Å². The molecular formula is C32H26N10O2S4. The van der Waals surface area contributed by atoms with Gasteiger partial charge in [0.05, 0.1) is 21.3 Å². The molecule has 0 N–H and O–H groups in total. The van der Waals surface area contributed by atoms with Crippen LogP contribution in [0.5, 0.6) is 0 Å². The maximum absolute atomic E-state index is 5.32. The third kappa shape index (κ3) is 7.31. The fourth-order valence-corrected chi connectivity index (χ4v) is 7.40. The van der Waals surface area contributed by atoms with Gasteiger partial charge >= 0.3 is 0 Å². The predicted molar refractivity (Wildman–Crippen MR) is 187 cm³/mol. The van der Waals surface area contributed by atoms with Crippen molar-refractivity contribution in [2.24, 2.45) is 14.1 Å². The number of thioether (sulfide) groups is 2. The molecule has 0 aliphatic carbocycles. The van der Waals surface area contributed by atoms with Crippen molar-refractivity contribution in [3.63, 3.8) is 0 Å². The average molecular weight is 711 g/mol. The molecule has 8 rings (SSSR count). The molecule has 0 radical (unpaired) electrons. The summed E-state index contributed by atoms with van der Waals surface area (Å²) in [4.78, 5) is 11.1. The average Bonchev–Trinajstić information content (AvgIpc) is 3.97. The van der Waals surface area contributed by atoms with Crippen molar-refractivity contribution in [3.8, 4) is 44.3 Å². The largest absolute Gasteiger partial charge is 0.334 e. The van der Waals surface area contributed by atoms with Crippen LogP contribution in [0.25, 0.3) is 44.3 Å². The van der Waals surface area contributed by atoms with Crippen LogP contribution in [0.4, 0.5) is 0 Å². The van der Waals surface area contributed by atoms with Gasteiger partial charge in [-0.15, -0.1) is 43.1 Å². The summed E-state index contributed by atoms with van der Waals surface area (Å²) in [6.07, 6.45) is 0. The number of aromatic nitrogens is 10. The van der Waals surface area contributed by atoms with Crippen LogP contribution >= 0.6 is 46.2 Å². The lowest BCUT2D eigenvalue weighted by Gasteiger charge is -2.00. The van der Waals surface area contributed by atoms with Crippen LogP contribution in [0.2, 0.25) is 0 Å². The molecule has 0 aliphatic rings. The van der Waals surface area contributed by atoms with Gasteiger partial charge < -0.3 is 18.2 Å². The first-order valence-corrected chi connectivity index (χ1v) is 18.2. The van der Waals surface area contributed by atoms with Crippen LogP contribution in [-0.2, 0) is 25.6 Å². The normalized spacial score (nSPS) is 11.0. The molecule has 6 aromatic heterocycles. The van der Waals surface area contributed by atoms with Gasteiger partial charge in [0.1, 0.15) is 0 Å². The monoisotopic (exact) mass is 710 g/mol. The van der Waals surface area contributed by atoms with Crippen molar-refractivity contribution < 1.29 is 9.05 Å². The molecule has 0 amide bonds. The highest BCUT2D eigenvalue weighted by Gasteiger charge is 2.16. The highest BCUT2D eigenvalue weighted by molar-refractivity contribution is 7.98. The summed E-state index contributed by atoms with van der Waals surface area (Å²) in [6, 6.07) is 27.5. The summed E-state index contributed by atoms with van der Waals surface area (Å²) in [5.74, 6) is 5.22. The Balaban J connectivity index is 0.000000152. The standard InChI is InChI=1S/2C16H13N5OS2/c2*1-21-14(12-8-5-9-23-12)18-19-16(21)24-10-13-17-15(22-20-13)11-6-3-2-4-7-11/h2*2-9H,10H2,1H3. The molecule has 0 atom stereocenters. The van der Waals surface area contributed by atoms with Gasteiger partial charge in [-0.3, -0.25) is 0 Å². The topological polar surface area (TPSA) is 139 Å². The van der Waals surface area contributed by atoms with Gasteiger partial charge in [-0.25, -0.2) is 0 Å². The fraction of sp³-hybridized carbons (Fsp3) is 0.125. The van der Waals surface area contributed by atoms with Gasteiger partial charge in [0, 0.05) is 25.2 Å². The summed E-state index contributed by atoms with van der Waals surface area (Å²) < 4.78 is 14.6. The lowest BCUT2D eigenvalue weighted by atomic mass is 10.2. The molecule has 0 unspecified atom stereocenters. The Bertz CT molecular complexity index is 2020. The molecule has 16 heteroatoms. The Hall–Kier alpha value is -4.90. The van der Waals surface area contributed by atoms with Crippen molar-refractivity contribution in [3.05, 3.63) is 107 Å². The van der Waals surface area contributed by atoms with Crippen LogP contribution in [0.15, 0.2) is 115 Å². The van der Waals surface area contributed by atoms with E-state index in [9.17, 15) is 0 Å². The second-order valence-electron chi connectivity index (χ2n) is 10.0. The smallest absolute Gasteiger partial charge is 0.257 e. The Morgan fingerprint density at radius 1 is 0.562 bits per heavy atom. The molecule has 0 bridgehead atoms. The quantitative estimate of drug-likeness (QED) is 0.128. The van der Waals surface area contributed by atoms with E-state index in [0.29, 0.717) is 34.9 Å². The Morgan fingerprint density at radius 3 is 1.40 bits per heavy atom. The zero-order valence-electron chi connectivity index (χ0n) is 25.6. The van der Waals surface area contributed by atoms with Gasteiger partial charge in [0.25, 0.3) is 11.8 Å². The van der Waals surface area contributed by atoms with Gasteiger partial charge in [0.15, 0.2) is 33.6 Å². The zero-order valence-corrected chi connectivity index (χ0v) is 28.8. The number of hydrogen-bond donors (Lipinski definition) is 0. The molecule has 2 aromatic carbocycles. The summed E-state index contributed by atoms with van der Waals surface area (Å²) in [6.45, 7) is 0. The minimum absolute atomic E-state index is 0.531. The van der Waals surface area contributed by atoms with E-state index in [0.717, 1.165) is 42.8 Å². The highest BCUT2D eigenvalue weighted by Crippen LogP contribution is 2.29. The lowest BCUT2D eigenvalue weighted by molar-refractivity contribution is 0.425. The van der Waals surface area contributed by atoms with Crippen LogP contribution in [-0.4, -0.2) is 49.8 Å². The molecule has 8 aromatic rings. The third-order valence-corrected chi connectivity index (χ3v) is 10.6. The first-order chi connectivity index (χ1) is 23.6. The minimum atomic E-state index is 0.531. The van der Waals surface area contributed by atoms with E-state index in [1.807, 2.05) is 119 Å². The van der Waals surface area contributed by atoms with E-state index in [1.165, 1.54) is 23.5 Å². The maximum atomic E-state index is 5.32. The molecule has 240 valence electrons. The van der Waals surface area contributed by atoms with E-state index >= 15 is 0 Å². The third-order valence-electron chi connectivity index (χ3n) is 6.79. The van der Waals surface area contributed by atoms with Crippen LogP contribution in [0.1, 0.15) is 11.6 Å². The lowest BCUT2D eigenvalue weighted by Crippen LogP contribution is -1.94. The van der Waals surface area contributed by atoms with Crippen molar-refractivity contribution in [2.75, 3.05) is 0 Å². The van der Waals surface area contributed by atoms with E-state index in [4.69, 9.17) is 9.05 Å². The van der Waals surface area contributed by atoms with Crippen molar-refractivity contribution in [2.45, 2.75) is 21.8 Å². The van der Waals surface area contributed by atoms with Crippen LogP contribution in [0.3, 0.4) is 0 Å². The molecule has 48 heavy (non-hydrogen) atoms. The van der Waals surface area contributed by atoms with E-state index in [-0.39, 0.29) is 0 Å². The van der Waals surface area contributed by atoms with E-state index in [1.54, 1.807) is 22.7 Å². The van der Waals surface area contributed by atoms with E-state index in [2.05, 4.69) is 40.7 Å². The zero-order chi connectivity index (χ0) is 32.7.